The lowest BCUT2D eigenvalue weighted by Crippen LogP contribution is -2.38. The molecule has 2 N–H and O–H groups in total. The molecule has 0 spiro atoms. The van der Waals surface area contributed by atoms with E-state index in [0.29, 0.717) is 12.0 Å². The fourth-order valence-corrected chi connectivity index (χ4v) is 3.36. The van der Waals surface area contributed by atoms with Gasteiger partial charge in [-0.3, -0.25) is 0 Å². The van der Waals surface area contributed by atoms with Crippen LogP contribution in [0.5, 0.6) is 11.5 Å². The zero-order valence-corrected chi connectivity index (χ0v) is 13.3. The highest BCUT2D eigenvalue weighted by molar-refractivity contribution is 5.89. The third-order valence-corrected chi connectivity index (χ3v) is 4.59. The van der Waals surface area contributed by atoms with E-state index < -0.39 is 6.10 Å². The Balaban J connectivity index is 1.80. The van der Waals surface area contributed by atoms with E-state index in [1.54, 1.807) is 25.3 Å². The molecule has 0 aromatic heterocycles. The maximum absolute atomic E-state index is 14.1. The second-order valence-electron chi connectivity index (χ2n) is 6.06. The van der Waals surface area contributed by atoms with Gasteiger partial charge in [0.25, 0.3) is 0 Å². The quantitative estimate of drug-likeness (QED) is 0.775. The summed E-state index contributed by atoms with van der Waals surface area (Å²) in [4.78, 5) is 0. The summed E-state index contributed by atoms with van der Waals surface area (Å²) in [5.41, 5.74) is 7.88. The van der Waals surface area contributed by atoms with E-state index >= 15 is 0 Å². The number of nitrogens with two attached hydrogens (primary N) is 1. The third kappa shape index (κ3) is 2.39. The van der Waals surface area contributed by atoms with Crippen molar-refractivity contribution in [3.63, 3.8) is 0 Å². The average molecular weight is 323 g/mol. The molecule has 4 heteroatoms. The summed E-state index contributed by atoms with van der Waals surface area (Å²) in [6, 6.07) is 16.2. The Morgan fingerprint density at radius 2 is 1.92 bits per heavy atom. The van der Waals surface area contributed by atoms with Crippen LogP contribution in [0.3, 0.4) is 0 Å². The lowest BCUT2D eigenvalue weighted by atomic mass is 9.90. The maximum atomic E-state index is 14.1. The Labute approximate surface area is 139 Å². The summed E-state index contributed by atoms with van der Waals surface area (Å²) in [6.45, 7) is 0. The lowest BCUT2D eigenvalue weighted by molar-refractivity contribution is 0.150. The topological polar surface area (TPSA) is 44.5 Å². The molecule has 3 nitrogen and oxygen atoms in total. The van der Waals surface area contributed by atoms with E-state index in [1.807, 2.05) is 30.3 Å². The molecule has 1 aliphatic heterocycles. The molecule has 122 valence electrons. The summed E-state index contributed by atoms with van der Waals surface area (Å²) in [6.07, 6.45) is 0.139. The molecule has 24 heavy (non-hydrogen) atoms. The second-order valence-corrected chi connectivity index (χ2v) is 6.06. The average Bonchev–Trinajstić information content (AvgIpc) is 2.61. The van der Waals surface area contributed by atoms with Crippen molar-refractivity contribution in [1.82, 2.24) is 0 Å². The molecular weight excluding hydrogens is 305 g/mol. The first-order valence-electron chi connectivity index (χ1n) is 7.93. The first-order chi connectivity index (χ1) is 11.7. The van der Waals surface area contributed by atoms with Gasteiger partial charge in [-0.25, -0.2) is 4.39 Å². The van der Waals surface area contributed by atoms with Crippen LogP contribution in [-0.2, 0) is 6.42 Å². The number of fused-ring (bicyclic) bond motifs is 3. The predicted octanol–water partition coefficient (Wildman–Crippen LogP) is 3.99. The molecule has 1 heterocycles. The van der Waals surface area contributed by atoms with Crippen LogP contribution < -0.4 is 15.2 Å². The van der Waals surface area contributed by atoms with Crippen LogP contribution in [-0.4, -0.2) is 13.2 Å². The molecule has 3 aromatic carbocycles. The number of hydrogen-bond acceptors (Lipinski definition) is 3. The first-order valence-corrected chi connectivity index (χ1v) is 7.93. The predicted molar refractivity (Wildman–Crippen MR) is 91.9 cm³/mol. The van der Waals surface area contributed by atoms with Crippen LogP contribution in [0.2, 0.25) is 0 Å². The van der Waals surface area contributed by atoms with Crippen LogP contribution in [0.4, 0.5) is 4.39 Å². The van der Waals surface area contributed by atoms with Crippen LogP contribution in [0.25, 0.3) is 10.8 Å². The molecule has 0 bridgehead atoms. The molecule has 4 rings (SSSR count). The van der Waals surface area contributed by atoms with Crippen molar-refractivity contribution in [2.75, 3.05) is 7.11 Å². The molecule has 0 radical (unpaired) electrons. The van der Waals surface area contributed by atoms with Gasteiger partial charge in [-0.15, -0.1) is 0 Å². The summed E-state index contributed by atoms with van der Waals surface area (Å²) in [5, 5.41) is 2.17. The van der Waals surface area contributed by atoms with E-state index in [-0.39, 0.29) is 11.9 Å². The van der Waals surface area contributed by atoms with Gasteiger partial charge in [0.05, 0.1) is 13.2 Å². The highest BCUT2D eigenvalue weighted by Gasteiger charge is 2.31. The fraction of sp³-hybridized carbons (Fsp3) is 0.200. The largest absolute Gasteiger partial charge is 0.497 e. The normalized spacial score (nSPS) is 19.6. The van der Waals surface area contributed by atoms with Crippen molar-refractivity contribution in [1.29, 1.82) is 0 Å². The molecule has 3 aromatic rings. The van der Waals surface area contributed by atoms with E-state index in [0.717, 1.165) is 27.8 Å². The van der Waals surface area contributed by atoms with Crippen molar-refractivity contribution >= 4 is 10.8 Å². The molecule has 0 saturated heterocycles. The van der Waals surface area contributed by atoms with E-state index in [9.17, 15) is 4.39 Å². The Morgan fingerprint density at radius 1 is 1.12 bits per heavy atom. The summed E-state index contributed by atoms with van der Waals surface area (Å²) >= 11 is 0. The second kappa shape index (κ2) is 5.80. The van der Waals surface area contributed by atoms with Gasteiger partial charge in [-0.1, -0.05) is 30.3 Å². The van der Waals surface area contributed by atoms with Gasteiger partial charge in [-0.05, 0) is 41.5 Å². The van der Waals surface area contributed by atoms with Gasteiger partial charge in [0, 0.05) is 11.1 Å². The minimum Gasteiger partial charge on any atom is -0.497 e. The maximum Gasteiger partial charge on any atom is 0.142 e. The third-order valence-electron chi connectivity index (χ3n) is 4.59. The van der Waals surface area contributed by atoms with Crippen molar-refractivity contribution < 1.29 is 13.9 Å². The number of hydrogen-bond donors (Lipinski definition) is 1. The fourth-order valence-electron chi connectivity index (χ4n) is 3.36. The van der Waals surface area contributed by atoms with Gasteiger partial charge in [-0.2, -0.15) is 0 Å². The summed E-state index contributed by atoms with van der Waals surface area (Å²) in [5.74, 6) is 1.26. The van der Waals surface area contributed by atoms with Crippen molar-refractivity contribution in [2.45, 2.75) is 18.6 Å². The zero-order valence-electron chi connectivity index (χ0n) is 13.3. The number of benzene rings is 3. The monoisotopic (exact) mass is 323 g/mol. The molecule has 0 aliphatic carbocycles. The molecule has 0 unspecified atom stereocenters. The summed E-state index contributed by atoms with van der Waals surface area (Å²) < 4.78 is 25.5. The van der Waals surface area contributed by atoms with Gasteiger partial charge in [0.15, 0.2) is 0 Å². The van der Waals surface area contributed by atoms with Gasteiger partial charge >= 0.3 is 0 Å². The Hall–Kier alpha value is -2.59. The minimum atomic E-state index is -0.484. The van der Waals surface area contributed by atoms with Crippen molar-refractivity contribution in [3.8, 4) is 11.5 Å². The number of halogens is 1. The van der Waals surface area contributed by atoms with Crippen LogP contribution in [0, 0.1) is 5.82 Å². The zero-order chi connectivity index (χ0) is 16.7. The van der Waals surface area contributed by atoms with E-state index in [4.69, 9.17) is 15.2 Å². The number of ether oxygens (including phenoxy) is 2. The number of rotatable bonds is 2. The molecule has 1 aliphatic rings. The van der Waals surface area contributed by atoms with Crippen molar-refractivity contribution in [3.05, 3.63) is 71.5 Å². The molecule has 2 atom stereocenters. The molecule has 0 fully saturated rings. The highest BCUT2D eigenvalue weighted by Crippen LogP contribution is 2.39. The summed E-state index contributed by atoms with van der Waals surface area (Å²) in [7, 11) is 1.65. The molecule has 0 amide bonds. The smallest absolute Gasteiger partial charge is 0.142 e. The van der Waals surface area contributed by atoms with Gasteiger partial charge < -0.3 is 15.2 Å². The van der Waals surface area contributed by atoms with Gasteiger partial charge in [0.2, 0.25) is 0 Å². The van der Waals surface area contributed by atoms with E-state index in [2.05, 4.69) is 0 Å². The minimum absolute atomic E-state index is 0.288. The molecule has 0 saturated carbocycles. The Morgan fingerprint density at radius 3 is 2.71 bits per heavy atom. The lowest BCUT2D eigenvalue weighted by Gasteiger charge is -2.32. The van der Waals surface area contributed by atoms with Crippen LogP contribution >= 0.6 is 0 Å². The van der Waals surface area contributed by atoms with Crippen molar-refractivity contribution in [2.24, 2.45) is 5.73 Å². The standard InChI is InChI=1S/C20H18FNO2/c1-23-13-8-6-12-7-9-19-16(15(12)10-13)11-18(22)20(24-19)14-4-2-3-5-17(14)21/h2-10,18,20H,11,22H2,1H3/t18-,20+/m1/s1. The number of methoxy groups -OCH3 is 1. The Bertz CT molecular complexity index is 909. The SMILES string of the molecule is COc1ccc2ccc3c(c2c1)C[C@@H](N)[C@H](c1ccccc1F)O3. The Kier molecular flexibility index (Phi) is 3.62. The van der Waals surface area contributed by atoms with Crippen LogP contribution in [0.1, 0.15) is 17.2 Å². The van der Waals surface area contributed by atoms with Crippen LogP contribution in [0.15, 0.2) is 54.6 Å². The molecular formula is C20H18FNO2. The van der Waals surface area contributed by atoms with E-state index in [1.165, 1.54) is 6.07 Å². The van der Waals surface area contributed by atoms with Gasteiger partial charge in [0.1, 0.15) is 23.4 Å². The first kappa shape index (κ1) is 15.0. The highest BCUT2D eigenvalue weighted by atomic mass is 19.1.